The van der Waals surface area contributed by atoms with Gasteiger partial charge in [-0.1, -0.05) is 38.5 Å². The molecular formula is C23H29NO8. The minimum atomic E-state index is -1.48. The number of rotatable bonds is 5. The van der Waals surface area contributed by atoms with Crippen LogP contribution in [0.4, 0.5) is 0 Å². The van der Waals surface area contributed by atoms with Gasteiger partial charge in [0.05, 0.1) is 16.7 Å². The zero-order valence-corrected chi connectivity index (χ0v) is 17.8. The molecule has 0 aromatic heterocycles. The Morgan fingerprint density at radius 3 is 1.44 bits per heavy atom. The second-order valence-electron chi connectivity index (χ2n) is 8.20. The standard InChI is InChI=1S/C14H23NO2.C9H6O6/c16-13(11-7-3-1-4-8-11)15-14(17)12-9-5-2-6-10-12;10-7(11)4-1-2-5(8(12)13)6(3-4)9(14)15/h11-12H,1-10H2,(H,15,16,17);1-3H,(H,10,11)(H,12,13)(H,14,15). The molecule has 2 saturated carbocycles. The second-order valence-corrected chi connectivity index (χ2v) is 8.20. The second kappa shape index (κ2) is 12.0. The van der Waals surface area contributed by atoms with E-state index in [0.29, 0.717) is 0 Å². The highest BCUT2D eigenvalue weighted by atomic mass is 16.4. The molecule has 0 aliphatic heterocycles. The van der Waals surface area contributed by atoms with Crippen LogP contribution in [-0.2, 0) is 9.59 Å². The van der Waals surface area contributed by atoms with E-state index in [-0.39, 0.29) is 29.2 Å². The van der Waals surface area contributed by atoms with Crippen LogP contribution in [0, 0.1) is 11.8 Å². The number of amides is 2. The first-order valence-electron chi connectivity index (χ1n) is 10.9. The van der Waals surface area contributed by atoms with E-state index in [1.54, 1.807) is 0 Å². The van der Waals surface area contributed by atoms with Gasteiger partial charge in [0.15, 0.2) is 0 Å². The van der Waals surface area contributed by atoms with Crippen LogP contribution < -0.4 is 5.32 Å². The fourth-order valence-electron chi connectivity index (χ4n) is 4.10. The molecule has 0 bridgehead atoms. The summed E-state index contributed by atoms with van der Waals surface area (Å²) in [5.74, 6) is -4.04. The lowest BCUT2D eigenvalue weighted by atomic mass is 9.87. The van der Waals surface area contributed by atoms with Crippen molar-refractivity contribution in [1.82, 2.24) is 5.32 Å². The fraction of sp³-hybridized carbons (Fsp3) is 0.522. The van der Waals surface area contributed by atoms with E-state index in [4.69, 9.17) is 15.3 Å². The maximum absolute atomic E-state index is 11.9. The molecule has 3 rings (SSSR count). The summed E-state index contributed by atoms with van der Waals surface area (Å²) in [6.07, 6.45) is 10.9. The number of hydrogen-bond donors (Lipinski definition) is 4. The summed E-state index contributed by atoms with van der Waals surface area (Å²) in [7, 11) is 0. The third-order valence-electron chi connectivity index (χ3n) is 5.93. The average molecular weight is 447 g/mol. The Balaban J connectivity index is 0.000000229. The normalized spacial score (nSPS) is 16.9. The lowest BCUT2D eigenvalue weighted by Gasteiger charge is -2.23. The SMILES string of the molecule is O=C(NC(=O)C1CCCCC1)C1CCCCC1.O=C(O)c1ccc(C(=O)O)c(C(=O)O)c1. The van der Waals surface area contributed by atoms with Gasteiger partial charge in [0.1, 0.15) is 0 Å². The number of imide groups is 1. The summed E-state index contributed by atoms with van der Waals surface area (Å²) < 4.78 is 0. The molecular weight excluding hydrogens is 418 g/mol. The zero-order chi connectivity index (χ0) is 23.7. The molecule has 4 N–H and O–H groups in total. The van der Waals surface area contributed by atoms with E-state index in [0.717, 1.165) is 69.6 Å². The topological polar surface area (TPSA) is 158 Å². The predicted octanol–water partition coefficient (Wildman–Crippen LogP) is 3.57. The molecule has 0 spiro atoms. The van der Waals surface area contributed by atoms with Gasteiger partial charge >= 0.3 is 17.9 Å². The molecule has 2 aliphatic carbocycles. The molecule has 1 aromatic carbocycles. The largest absolute Gasteiger partial charge is 0.478 e. The van der Waals surface area contributed by atoms with Crippen molar-refractivity contribution >= 4 is 29.7 Å². The summed E-state index contributed by atoms with van der Waals surface area (Å²) in [5, 5.41) is 28.5. The number of aromatic carboxylic acids is 3. The van der Waals surface area contributed by atoms with Crippen LogP contribution in [0.5, 0.6) is 0 Å². The van der Waals surface area contributed by atoms with Crippen molar-refractivity contribution in [2.45, 2.75) is 64.2 Å². The summed E-state index contributed by atoms with van der Waals surface area (Å²) in [4.78, 5) is 55.6. The van der Waals surface area contributed by atoms with Crippen molar-refractivity contribution in [3.63, 3.8) is 0 Å². The Morgan fingerprint density at radius 1 is 0.625 bits per heavy atom. The monoisotopic (exact) mass is 447 g/mol. The fourth-order valence-corrected chi connectivity index (χ4v) is 4.10. The number of carboxylic acids is 3. The number of carbonyl (C=O) groups is 5. The van der Waals surface area contributed by atoms with Crippen molar-refractivity contribution in [2.75, 3.05) is 0 Å². The molecule has 0 saturated heterocycles. The highest BCUT2D eigenvalue weighted by Crippen LogP contribution is 2.26. The summed E-state index contributed by atoms with van der Waals surface area (Å²) in [6.45, 7) is 0. The van der Waals surface area contributed by atoms with Gasteiger partial charge in [-0.3, -0.25) is 14.9 Å². The van der Waals surface area contributed by atoms with Gasteiger partial charge in [-0.05, 0) is 43.9 Å². The quantitative estimate of drug-likeness (QED) is 0.499. The smallest absolute Gasteiger partial charge is 0.336 e. The lowest BCUT2D eigenvalue weighted by molar-refractivity contribution is -0.136. The lowest BCUT2D eigenvalue weighted by Crippen LogP contribution is -2.40. The molecule has 2 amide bonds. The number of hydrogen-bond acceptors (Lipinski definition) is 5. The van der Waals surface area contributed by atoms with E-state index < -0.39 is 29.0 Å². The number of benzene rings is 1. The third kappa shape index (κ3) is 7.18. The van der Waals surface area contributed by atoms with Crippen LogP contribution in [0.1, 0.15) is 95.3 Å². The zero-order valence-electron chi connectivity index (χ0n) is 17.8. The number of carbonyl (C=O) groups excluding carboxylic acids is 2. The van der Waals surface area contributed by atoms with Crippen molar-refractivity contribution in [2.24, 2.45) is 11.8 Å². The van der Waals surface area contributed by atoms with Crippen LogP contribution >= 0.6 is 0 Å². The minimum Gasteiger partial charge on any atom is -0.478 e. The molecule has 0 atom stereocenters. The Labute approximate surface area is 185 Å². The van der Waals surface area contributed by atoms with Gasteiger partial charge < -0.3 is 15.3 Å². The maximum Gasteiger partial charge on any atom is 0.336 e. The van der Waals surface area contributed by atoms with E-state index in [2.05, 4.69) is 5.32 Å². The molecule has 2 fully saturated rings. The van der Waals surface area contributed by atoms with Crippen LogP contribution in [0.25, 0.3) is 0 Å². The Kier molecular flexibility index (Phi) is 9.37. The molecule has 9 nitrogen and oxygen atoms in total. The van der Waals surface area contributed by atoms with Gasteiger partial charge in [-0.25, -0.2) is 14.4 Å². The number of carboxylic acid groups (broad SMARTS) is 3. The molecule has 174 valence electrons. The maximum atomic E-state index is 11.9. The Hall–Kier alpha value is -3.23. The number of nitrogens with one attached hydrogen (secondary N) is 1. The Morgan fingerprint density at radius 2 is 1.06 bits per heavy atom. The van der Waals surface area contributed by atoms with Gasteiger partial charge in [0, 0.05) is 11.8 Å². The van der Waals surface area contributed by atoms with Crippen LogP contribution in [0.2, 0.25) is 0 Å². The van der Waals surface area contributed by atoms with Crippen LogP contribution in [-0.4, -0.2) is 45.0 Å². The van der Waals surface area contributed by atoms with Crippen LogP contribution in [0.15, 0.2) is 18.2 Å². The van der Waals surface area contributed by atoms with Gasteiger partial charge in [0.25, 0.3) is 0 Å². The van der Waals surface area contributed by atoms with Gasteiger partial charge in [-0.15, -0.1) is 0 Å². The third-order valence-corrected chi connectivity index (χ3v) is 5.93. The summed E-state index contributed by atoms with van der Waals surface area (Å²) in [5.41, 5.74) is -1.24. The van der Waals surface area contributed by atoms with Crippen LogP contribution in [0.3, 0.4) is 0 Å². The van der Waals surface area contributed by atoms with E-state index in [1.165, 1.54) is 12.8 Å². The highest BCUT2D eigenvalue weighted by Gasteiger charge is 2.27. The summed E-state index contributed by atoms with van der Waals surface area (Å²) >= 11 is 0. The molecule has 9 heteroatoms. The van der Waals surface area contributed by atoms with Crippen molar-refractivity contribution < 1.29 is 39.3 Å². The molecule has 0 radical (unpaired) electrons. The van der Waals surface area contributed by atoms with Crippen molar-refractivity contribution in [3.8, 4) is 0 Å². The predicted molar refractivity (Wildman–Crippen MR) is 114 cm³/mol. The minimum absolute atomic E-state index is 0.0136. The molecule has 2 aliphatic rings. The molecule has 0 unspecified atom stereocenters. The highest BCUT2D eigenvalue weighted by molar-refractivity contribution is 6.03. The first-order chi connectivity index (χ1) is 15.2. The summed E-state index contributed by atoms with van der Waals surface area (Å²) in [6, 6.07) is 2.81. The van der Waals surface area contributed by atoms with E-state index in [1.807, 2.05) is 0 Å². The van der Waals surface area contributed by atoms with Gasteiger partial charge in [-0.2, -0.15) is 0 Å². The Bertz CT molecular complexity index is 839. The van der Waals surface area contributed by atoms with Crippen molar-refractivity contribution in [3.05, 3.63) is 34.9 Å². The van der Waals surface area contributed by atoms with E-state index >= 15 is 0 Å². The molecule has 1 aromatic rings. The first-order valence-corrected chi connectivity index (χ1v) is 10.9. The van der Waals surface area contributed by atoms with Gasteiger partial charge in [0.2, 0.25) is 11.8 Å². The average Bonchev–Trinajstić information content (AvgIpc) is 2.80. The molecule has 0 heterocycles. The molecule has 32 heavy (non-hydrogen) atoms. The first kappa shape index (κ1) is 25.0. The van der Waals surface area contributed by atoms with Crippen molar-refractivity contribution in [1.29, 1.82) is 0 Å². The van der Waals surface area contributed by atoms with E-state index in [9.17, 15) is 24.0 Å².